The number of aromatic nitrogens is 1. The van der Waals surface area contributed by atoms with Gasteiger partial charge in [0.05, 0.1) is 24.1 Å². The number of ether oxygens (including phenoxy) is 2. The minimum Gasteiger partial charge on any atom is -0.487 e. The number of likely N-dealkylation sites (tertiary alicyclic amines) is 1. The number of fused-ring (bicyclic) bond motifs is 1. The summed E-state index contributed by atoms with van der Waals surface area (Å²) in [5, 5.41) is 0. The molecule has 7 nitrogen and oxygen atoms in total. The Morgan fingerprint density at radius 3 is 2.44 bits per heavy atom. The molecule has 0 unspecified atom stereocenters. The van der Waals surface area contributed by atoms with Gasteiger partial charge in [-0.2, -0.15) is 0 Å². The average molecular weight is 574 g/mol. The van der Waals surface area contributed by atoms with E-state index in [2.05, 4.69) is 11.1 Å². The van der Waals surface area contributed by atoms with Crippen molar-refractivity contribution in [2.45, 2.75) is 42.8 Å². The zero-order valence-electron chi connectivity index (χ0n) is 27.4. The standard InChI is InChI=1S/C33H32N2O5S/c36-32(39-30-7-2-1-3-8-30)35-20-17-33(18-21-35)16-15-28-22-27(13-14-31(28)40-33)26-11-9-25(10-12-26)23-41(37,38)24-29-6-4-5-19-34-29/h1-14,19,22H,15-18,20-21,23-24H2/i1D,2D,3D,7D,8D. The molecule has 0 radical (unpaired) electrons. The van der Waals surface area contributed by atoms with Crippen molar-refractivity contribution in [3.8, 4) is 22.6 Å². The number of para-hydroxylation sites is 1. The Balaban J connectivity index is 1.07. The van der Waals surface area contributed by atoms with Gasteiger partial charge in [0.1, 0.15) is 17.1 Å². The average Bonchev–Trinajstić information content (AvgIpc) is 3.05. The van der Waals surface area contributed by atoms with Crippen LogP contribution in [0.1, 0.15) is 42.9 Å². The van der Waals surface area contributed by atoms with E-state index in [-0.39, 0.29) is 11.5 Å². The van der Waals surface area contributed by atoms with Crippen LogP contribution in [-0.4, -0.2) is 43.1 Å². The SMILES string of the molecule is [2H]c1c([2H])c([2H])c(OC(=O)N2CCC3(CCc4cc(-c5ccc(CS(=O)(=O)Cc6ccccn6)cc5)ccc4O3)CC2)c([2H])c1[2H]. The quantitative estimate of drug-likeness (QED) is 0.272. The lowest BCUT2D eigenvalue weighted by molar-refractivity contribution is -0.00948. The number of carbonyl (C=O) groups excluding carboxylic acids is 1. The summed E-state index contributed by atoms with van der Waals surface area (Å²) in [6.45, 7) is 0.684. The molecule has 2 aliphatic heterocycles. The molecule has 2 aliphatic rings. The summed E-state index contributed by atoms with van der Waals surface area (Å²) >= 11 is 0. The van der Waals surface area contributed by atoms with E-state index in [4.69, 9.17) is 16.3 Å². The van der Waals surface area contributed by atoms with Crippen LogP contribution in [0.5, 0.6) is 11.5 Å². The first kappa shape index (κ1) is 21.6. The molecule has 1 spiro atoms. The van der Waals surface area contributed by atoms with Gasteiger partial charge in [0.25, 0.3) is 0 Å². The molecule has 210 valence electrons. The summed E-state index contributed by atoms with van der Waals surface area (Å²) in [6, 6.07) is 16.0. The van der Waals surface area contributed by atoms with Crippen LogP contribution in [0.25, 0.3) is 11.1 Å². The highest BCUT2D eigenvalue weighted by Crippen LogP contribution is 2.41. The van der Waals surface area contributed by atoms with Crippen LogP contribution >= 0.6 is 0 Å². The van der Waals surface area contributed by atoms with Crippen LogP contribution in [-0.2, 0) is 27.8 Å². The summed E-state index contributed by atoms with van der Waals surface area (Å²) in [6.07, 6.45) is 3.51. The Labute approximate surface area is 247 Å². The summed E-state index contributed by atoms with van der Waals surface area (Å²) in [5.41, 5.74) is 3.85. The lowest BCUT2D eigenvalue weighted by Crippen LogP contribution is -2.51. The molecule has 1 aromatic heterocycles. The number of pyridine rings is 1. The van der Waals surface area contributed by atoms with Crippen molar-refractivity contribution in [2.75, 3.05) is 13.1 Å². The van der Waals surface area contributed by atoms with Crippen molar-refractivity contribution < 1.29 is 29.5 Å². The van der Waals surface area contributed by atoms with Crippen LogP contribution in [0.3, 0.4) is 0 Å². The van der Waals surface area contributed by atoms with Crippen molar-refractivity contribution >= 4 is 15.9 Å². The minimum absolute atomic E-state index is 0.0625. The van der Waals surface area contributed by atoms with Gasteiger partial charge in [-0.3, -0.25) is 4.98 Å². The molecule has 0 N–H and O–H groups in total. The fraction of sp³-hybridized carbons (Fsp3) is 0.273. The molecule has 41 heavy (non-hydrogen) atoms. The van der Waals surface area contributed by atoms with E-state index in [1.54, 1.807) is 24.4 Å². The van der Waals surface area contributed by atoms with Gasteiger partial charge < -0.3 is 14.4 Å². The fourth-order valence-electron chi connectivity index (χ4n) is 5.40. The second-order valence-electron chi connectivity index (χ2n) is 10.5. The van der Waals surface area contributed by atoms with Crippen molar-refractivity contribution in [3.63, 3.8) is 0 Å². The van der Waals surface area contributed by atoms with Gasteiger partial charge in [-0.25, -0.2) is 13.2 Å². The third-order valence-electron chi connectivity index (χ3n) is 7.60. The first-order valence-electron chi connectivity index (χ1n) is 16.0. The number of nitrogens with zero attached hydrogens (tertiary/aromatic N) is 2. The highest BCUT2D eigenvalue weighted by molar-refractivity contribution is 7.89. The largest absolute Gasteiger partial charge is 0.487 e. The number of sulfone groups is 1. The maximum atomic E-state index is 12.9. The Bertz CT molecular complexity index is 1870. The topological polar surface area (TPSA) is 85.8 Å². The number of carbonyl (C=O) groups is 1. The molecular formula is C33H32N2O5S. The van der Waals surface area contributed by atoms with Crippen molar-refractivity contribution in [2.24, 2.45) is 0 Å². The highest BCUT2D eigenvalue weighted by atomic mass is 32.2. The maximum Gasteiger partial charge on any atom is 0.415 e. The van der Waals surface area contributed by atoms with Crippen molar-refractivity contribution in [1.29, 1.82) is 0 Å². The first-order valence-corrected chi connectivity index (χ1v) is 15.3. The number of amides is 1. The molecule has 1 amide bonds. The minimum atomic E-state index is -3.36. The Morgan fingerprint density at radius 1 is 0.951 bits per heavy atom. The normalized spacial score (nSPS) is 17.8. The molecule has 1 fully saturated rings. The molecule has 6 rings (SSSR count). The molecule has 3 heterocycles. The third-order valence-corrected chi connectivity index (χ3v) is 9.11. The predicted molar refractivity (Wildman–Crippen MR) is 157 cm³/mol. The smallest absolute Gasteiger partial charge is 0.415 e. The molecule has 0 aliphatic carbocycles. The lowest BCUT2D eigenvalue weighted by atomic mass is 9.82. The number of piperidine rings is 1. The summed E-state index contributed by atoms with van der Waals surface area (Å²) in [4.78, 5) is 18.5. The van der Waals surface area contributed by atoms with Gasteiger partial charge in [-0.1, -0.05) is 54.5 Å². The second-order valence-corrected chi connectivity index (χ2v) is 12.5. The summed E-state index contributed by atoms with van der Waals surface area (Å²) in [7, 11) is -3.36. The van der Waals surface area contributed by atoms with Crippen LogP contribution in [0.15, 0.2) is 97.1 Å². The van der Waals surface area contributed by atoms with Gasteiger partial charge in [0.15, 0.2) is 9.84 Å². The van der Waals surface area contributed by atoms with Crippen LogP contribution in [0.4, 0.5) is 4.79 Å². The first-order chi connectivity index (χ1) is 21.9. The van der Waals surface area contributed by atoms with Crippen molar-refractivity contribution in [3.05, 3.63) is 114 Å². The molecular weight excluding hydrogens is 536 g/mol. The van der Waals surface area contributed by atoms with E-state index in [1.165, 1.54) is 4.90 Å². The zero-order valence-corrected chi connectivity index (χ0v) is 23.2. The fourth-order valence-corrected chi connectivity index (χ4v) is 6.82. The maximum absolute atomic E-state index is 12.9. The Kier molecular flexibility index (Phi) is 5.98. The molecule has 8 heteroatoms. The van der Waals surface area contributed by atoms with Crippen LogP contribution in [0.2, 0.25) is 0 Å². The van der Waals surface area contributed by atoms with E-state index in [9.17, 15) is 13.2 Å². The van der Waals surface area contributed by atoms with Crippen LogP contribution in [0, 0.1) is 0 Å². The molecule has 0 atom stereocenters. The van der Waals surface area contributed by atoms with Crippen molar-refractivity contribution in [1.82, 2.24) is 9.88 Å². The molecule has 3 aromatic carbocycles. The van der Waals surface area contributed by atoms with Gasteiger partial charge in [0, 0.05) is 32.1 Å². The van der Waals surface area contributed by atoms with Gasteiger partial charge >= 0.3 is 6.09 Å². The van der Waals surface area contributed by atoms with E-state index in [1.807, 2.05) is 36.4 Å². The number of aryl methyl sites for hydroxylation is 1. The predicted octanol–water partition coefficient (Wildman–Crippen LogP) is 6.22. The molecule has 0 saturated carbocycles. The number of hydrogen-bond donors (Lipinski definition) is 0. The monoisotopic (exact) mass is 573 g/mol. The zero-order chi connectivity index (χ0) is 32.6. The van der Waals surface area contributed by atoms with E-state index < -0.39 is 57.5 Å². The summed E-state index contributed by atoms with van der Waals surface area (Å²) < 4.78 is 76.5. The molecule has 0 bridgehead atoms. The lowest BCUT2D eigenvalue weighted by Gasteiger charge is -2.44. The molecule has 1 saturated heterocycles. The number of rotatable bonds is 6. The number of hydrogen-bond acceptors (Lipinski definition) is 6. The van der Waals surface area contributed by atoms with Crippen LogP contribution < -0.4 is 9.47 Å². The van der Waals surface area contributed by atoms with E-state index >= 15 is 0 Å². The summed E-state index contributed by atoms with van der Waals surface area (Å²) in [5.74, 6) is 0.150. The molecule has 4 aromatic rings. The van der Waals surface area contributed by atoms with Gasteiger partial charge in [-0.15, -0.1) is 0 Å². The second kappa shape index (κ2) is 11.4. The van der Waals surface area contributed by atoms with Gasteiger partial charge in [0.2, 0.25) is 0 Å². The Morgan fingerprint density at radius 2 is 1.71 bits per heavy atom. The highest BCUT2D eigenvalue weighted by Gasteiger charge is 2.41. The number of benzene rings is 3. The van der Waals surface area contributed by atoms with E-state index in [0.717, 1.165) is 35.3 Å². The third kappa shape index (κ3) is 6.43. The van der Waals surface area contributed by atoms with E-state index in [0.29, 0.717) is 37.2 Å². The Hall–Kier alpha value is -4.17. The van der Waals surface area contributed by atoms with Gasteiger partial charge in [-0.05, 0) is 71.4 Å².